The van der Waals surface area contributed by atoms with E-state index < -0.39 is 0 Å². The molecule has 0 spiro atoms. The number of phenols is 1. The first kappa shape index (κ1) is 26.2. The molecule has 4 nitrogen and oxygen atoms in total. The van der Waals surface area contributed by atoms with Gasteiger partial charge in [-0.2, -0.15) is 0 Å². The van der Waals surface area contributed by atoms with Gasteiger partial charge >= 0.3 is 5.97 Å². The Kier molecular flexibility index (Phi) is 10.1. The highest BCUT2D eigenvalue weighted by Crippen LogP contribution is 2.40. The Morgan fingerprint density at radius 2 is 1.43 bits per heavy atom. The van der Waals surface area contributed by atoms with Crippen molar-refractivity contribution in [2.24, 2.45) is 0 Å². The molecule has 170 valence electrons. The summed E-state index contributed by atoms with van der Waals surface area (Å²) in [5.74, 6) is 0.0851. The van der Waals surface area contributed by atoms with Crippen molar-refractivity contribution < 1.29 is 19.4 Å². The molecule has 0 saturated carbocycles. The van der Waals surface area contributed by atoms with E-state index in [0.29, 0.717) is 24.5 Å². The number of benzene rings is 1. The molecule has 0 aliphatic heterocycles. The monoisotopic (exact) mass is 418 g/mol. The number of phenolic OH excluding ortho intramolecular Hbond substituents is 1. The van der Waals surface area contributed by atoms with Crippen LogP contribution in [-0.4, -0.2) is 30.9 Å². The minimum atomic E-state index is -0.364. The Hall–Kier alpha value is -1.81. The van der Waals surface area contributed by atoms with E-state index in [4.69, 9.17) is 9.47 Å². The zero-order valence-corrected chi connectivity index (χ0v) is 20.2. The lowest BCUT2D eigenvalue weighted by molar-refractivity contribution is -0.140. The van der Waals surface area contributed by atoms with Gasteiger partial charge in [0.1, 0.15) is 12.4 Å². The van der Waals surface area contributed by atoms with Gasteiger partial charge in [0.05, 0.1) is 6.61 Å². The predicted molar refractivity (Wildman–Crippen MR) is 124 cm³/mol. The smallest absolute Gasteiger partial charge is 0.333 e. The Morgan fingerprint density at radius 1 is 0.900 bits per heavy atom. The average molecular weight is 419 g/mol. The normalized spacial score (nSPS) is 12.1. The van der Waals surface area contributed by atoms with Crippen molar-refractivity contribution in [2.75, 3.05) is 19.8 Å². The van der Waals surface area contributed by atoms with E-state index in [0.717, 1.165) is 43.2 Å². The first-order valence-electron chi connectivity index (χ1n) is 11.1. The topological polar surface area (TPSA) is 55.8 Å². The van der Waals surface area contributed by atoms with E-state index in [1.807, 2.05) is 0 Å². The second kappa shape index (κ2) is 11.5. The maximum atomic E-state index is 11.2. The van der Waals surface area contributed by atoms with Gasteiger partial charge in [0.15, 0.2) is 0 Å². The van der Waals surface area contributed by atoms with Crippen molar-refractivity contribution in [3.63, 3.8) is 0 Å². The fourth-order valence-corrected chi connectivity index (χ4v) is 3.29. The van der Waals surface area contributed by atoms with Gasteiger partial charge in [-0.1, -0.05) is 73.1 Å². The molecule has 0 fully saturated rings. The van der Waals surface area contributed by atoms with Crippen LogP contribution in [0.3, 0.4) is 0 Å². The Labute approximate surface area is 183 Å². The van der Waals surface area contributed by atoms with Gasteiger partial charge in [-0.15, -0.1) is 0 Å². The molecule has 0 aromatic heterocycles. The van der Waals surface area contributed by atoms with Crippen LogP contribution in [0.1, 0.15) is 90.8 Å². The molecule has 0 saturated heterocycles. The van der Waals surface area contributed by atoms with Gasteiger partial charge in [-0.3, -0.25) is 0 Å². The quantitative estimate of drug-likeness (QED) is 0.263. The summed E-state index contributed by atoms with van der Waals surface area (Å²) in [6.07, 6.45) is 5.40. The molecule has 0 atom stereocenters. The number of hydrogen-bond donors (Lipinski definition) is 1. The highest BCUT2D eigenvalue weighted by Gasteiger charge is 2.26. The number of unbranched alkanes of at least 4 members (excludes halogenated alkanes) is 3. The van der Waals surface area contributed by atoms with Gasteiger partial charge in [0.25, 0.3) is 0 Å². The van der Waals surface area contributed by atoms with Gasteiger partial charge in [-0.05, 0) is 53.7 Å². The molecule has 0 heterocycles. The Morgan fingerprint density at radius 3 is 1.93 bits per heavy atom. The number of esters is 1. The summed E-state index contributed by atoms with van der Waals surface area (Å²) in [5, 5.41) is 10.8. The lowest BCUT2D eigenvalue weighted by Crippen LogP contribution is -2.18. The first-order valence-corrected chi connectivity index (χ1v) is 11.1. The molecule has 1 N–H and O–H groups in total. The molecule has 30 heavy (non-hydrogen) atoms. The van der Waals surface area contributed by atoms with E-state index in [1.165, 1.54) is 5.56 Å². The van der Waals surface area contributed by atoms with Crippen molar-refractivity contribution in [1.82, 2.24) is 0 Å². The molecule has 4 heteroatoms. The summed E-state index contributed by atoms with van der Waals surface area (Å²) in [4.78, 5) is 11.2. The number of aromatic hydroxyl groups is 1. The lowest BCUT2D eigenvalue weighted by atomic mass is 9.78. The van der Waals surface area contributed by atoms with Crippen LogP contribution in [0.5, 0.6) is 5.75 Å². The van der Waals surface area contributed by atoms with Crippen molar-refractivity contribution in [1.29, 1.82) is 0 Å². The third kappa shape index (κ3) is 8.91. The van der Waals surface area contributed by atoms with Crippen LogP contribution in [0.25, 0.3) is 0 Å². The number of ether oxygens (including phenoxy) is 2. The van der Waals surface area contributed by atoms with Crippen LogP contribution < -0.4 is 0 Å². The first-order chi connectivity index (χ1) is 13.8. The molecule has 1 aromatic carbocycles. The minimum Gasteiger partial charge on any atom is -0.507 e. The Bertz CT molecular complexity index is 670. The zero-order valence-electron chi connectivity index (χ0n) is 20.2. The lowest BCUT2D eigenvalue weighted by Gasteiger charge is -2.28. The number of aryl methyl sites for hydroxylation is 1. The molecule has 0 aliphatic rings. The summed E-state index contributed by atoms with van der Waals surface area (Å²) in [6, 6.07) is 4.36. The number of carbonyl (C=O) groups excluding carboxylic acids is 1. The highest BCUT2D eigenvalue weighted by molar-refractivity contribution is 5.86. The van der Waals surface area contributed by atoms with Crippen LogP contribution in [-0.2, 0) is 31.5 Å². The van der Waals surface area contributed by atoms with Crippen molar-refractivity contribution in [2.45, 2.75) is 91.4 Å². The van der Waals surface area contributed by atoms with E-state index in [-0.39, 0.29) is 23.4 Å². The number of rotatable bonds is 11. The van der Waals surface area contributed by atoms with E-state index >= 15 is 0 Å². The summed E-state index contributed by atoms with van der Waals surface area (Å²) in [6.45, 7) is 19.5. The van der Waals surface area contributed by atoms with E-state index in [1.54, 1.807) is 6.92 Å². The summed E-state index contributed by atoms with van der Waals surface area (Å²) < 4.78 is 10.5. The number of hydrogen-bond acceptors (Lipinski definition) is 4. The van der Waals surface area contributed by atoms with Crippen LogP contribution in [0.4, 0.5) is 0 Å². The van der Waals surface area contributed by atoms with Crippen LogP contribution >= 0.6 is 0 Å². The molecule has 0 radical (unpaired) electrons. The summed E-state index contributed by atoms with van der Waals surface area (Å²) >= 11 is 0. The van der Waals surface area contributed by atoms with Gasteiger partial charge in [0.2, 0.25) is 0 Å². The van der Waals surface area contributed by atoms with Gasteiger partial charge in [-0.25, -0.2) is 4.79 Å². The molecular formula is C26H42O4. The molecule has 0 bridgehead atoms. The third-order valence-corrected chi connectivity index (χ3v) is 5.10. The van der Waals surface area contributed by atoms with Crippen LogP contribution in [0, 0.1) is 0 Å². The van der Waals surface area contributed by atoms with Gasteiger partial charge in [0, 0.05) is 12.2 Å². The van der Waals surface area contributed by atoms with E-state index in [9.17, 15) is 9.90 Å². The van der Waals surface area contributed by atoms with Crippen LogP contribution in [0.2, 0.25) is 0 Å². The molecule has 0 amide bonds. The number of carbonyl (C=O) groups is 1. The highest BCUT2D eigenvalue weighted by atomic mass is 16.6. The summed E-state index contributed by atoms with van der Waals surface area (Å²) in [5.41, 5.74) is 3.61. The van der Waals surface area contributed by atoms with Gasteiger partial charge < -0.3 is 14.6 Å². The third-order valence-electron chi connectivity index (χ3n) is 5.10. The van der Waals surface area contributed by atoms with E-state index in [2.05, 4.69) is 60.3 Å². The standard InChI is InChI=1S/C26H42O4/c1-19(2)24(28)30-16-15-29-14-12-10-9-11-13-20-17-21(25(3,4)5)23(27)22(18-20)26(6,7)8/h17-18,27H,1,9-16H2,2-8H3. The van der Waals surface area contributed by atoms with Crippen molar-refractivity contribution in [3.05, 3.63) is 41.0 Å². The maximum Gasteiger partial charge on any atom is 0.333 e. The van der Waals surface area contributed by atoms with Crippen LogP contribution in [0.15, 0.2) is 24.3 Å². The SMILES string of the molecule is C=C(C)C(=O)OCCOCCCCCCc1cc(C(C)(C)C)c(O)c(C(C)(C)C)c1. The Balaban J connectivity index is 2.41. The second-order valence-corrected chi connectivity index (χ2v) is 10.2. The zero-order chi connectivity index (χ0) is 22.9. The average Bonchev–Trinajstić information content (AvgIpc) is 2.61. The fourth-order valence-electron chi connectivity index (χ4n) is 3.29. The maximum absolute atomic E-state index is 11.2. The molecular weight excluding hydrogens is 376 g/mol. The predicted octanol–water partition coefficient (Wildman–Crippen LogP) is 6.23. The minimum absolute atomic E-state index is 0.0872. The van der Waals surface area contributed by atoms with Crippen molar-refractivity contribution in [3.8, 4) is 5.75 Å². The second-order valence-electron chi connectivity index (χ2n) is 10.2. The molecule has 0 aliphatic carbocycles. The molecule has 1 aromatic rings. The largest absolute Gasteiger partial charge is 0.507 e. The fraction of sp³-hybridized carbons (Fsp3) is 0.654. The molecule has 0 unspecified atom stereocenters. The summed E-state index contributed by atoms with van der Waals surface area (Å²) in [7, 11) is 0. The van der Waals surface area contributed by atoms with Crippen molar-refractivity contribution >= 4 is 5.97 Å². The molecule has 1 rings (SSSR count).